The molecule has 0 fully saturated rings. The molecule has 82 valence electrons. The van der Waals surface area contributed by atoms with Gasteiger partial charge in [0.15, 0.2) is 0 Å². The minimum Gasteiger partial charge on any atom is -0.453 e. The standard InChI is InChI=1S/C9H18N2O3/c1-4-10-8(12)6-5-7(2)11-9(13)14-3/h7H,4-6H2,1-3H3,(H,10,12)(H,11,13). The molecular weight excluding hydrogens is 184 g/mol. The van der Waals surface area contributed by atoms with E-state index in [1.165, 1.54) is 7.11 Å². The Labute approximate surface area is 84.2 Å². The second-order valence-electron chi connectivity index (χ2n) is 3.03. The molecule has 0 bridgehead atoms. The Balaban J connectivity index is 3.57. The highest BCUT2D eigenvalue weighted by molar-refractivity contribution is 5.75. The first-order valence-electron chi connectivity index (χ1n) is 4.71. The van der Waals surface area contributed by atoms with Crippen molar-refractivity contribution in [1.82, 2.24) is 10.6 Å². The predicted molar refractivity (Wildman–Crippen MR) is 52.9 cm³/mol. The lowest BCUT2D eigenvalue weighted by Crippen LogP contribution is -2.33. The first-order chi connectivity index (χ1) is 6.60. The Bertz CT molecular complexity index is 194. The van der Waals surface area contributed by atoms with Crippen LogP contribution in [-0.4, -0.2) is 31.7 Å². The van der Waals surface area contributed by atoms with Crippen molar-refractivity contribution < 1.29 is 14.3 Å². The van der Waals surface area contributed by atoms with Crippen molar-refractivity contribution in [3.8, 4) is 0 Å². The van der Waals surface area contributed by atoms with Crippen molar-refractivity contribution in [3.05, 3.63) is 0 Å². The molecule has 5 nitrogen and oxygen atoms in total. The predicted octanol–water partition coefficient (Wildman–Crippen LogP) is 0.647. The van der Waals surface area contributed by atoms with Crippen LogP contribution in [0.1, 0.15) is 26.7 Å². The molecule has 2 N–H and O–H groups in total. The van der Waals surface area contributed by atoms with Crippen LogP contribution in [0.5, 0.6) is 0 Å². The van der Waals surface area contributed by atoms with Crippen molar-refractivity contribution in [1.29, 1.82) is 0 Å². The van der Waals surface area contributed by atoms with Crippen LogP contribution in [0.15, 0.2) is 0 Å². The van der Waals surface area contributed by atoms with Crippen molar-refractivity contribution in [2.45, 2.75) is 32.7 Å². The van der Waals surface area contributed by atoms with Gasteiger partial charge in [0.25, 0.3) is 0 Å². The minimum absolute atomic E-state index is 0.00557. The fourth-order valence-electron chi connectivity index (χ4n) is 0.965. The number of ether oxygens (including phenoxy) is 1. The molecule has 0 aliphatic heterocycles. The maximum absolute atomic E-state index is 11.0. The van der Waals surface area contributed by atoms with Gasteiger partial charge in [-0.1, -0.05) is 0 Å². The van der Waals surface area contributed by atoms with Crippen molar-refractivity contribution in [3.63, 3.8) is 0 Å². The average molecular weight is 202 g/mol. The zero-order chi connectivity index (χ0) is 11.0. The van der Waals surface area contributed by atoms with Gasteiger partial charge in [-0.3, -0.25) is 4.79 Å². The van der Waals surface area contributed by atoms with E-state index in [2.05, 4.69) is 15.4 Å². The molecule has 14 heavy (non-hydrogen) atoms. The molecule has 0 heterocycles. The van der Waals surface area contributed by atoms with Gasteiger partial charge in [0.2, 0.25) is 5.91 Å². The molecule has 1 unspecified atom stereocenters. The molecule has 0 aromatic rings. The lowest BCUT2D eigenvalue weighted by atomic mass is 10.2. The Morgan fingerprint density at radius 1 is 1.43 bits per heavy atom. The molecule has 5 heteroatoms. The Morgan fingerprint density at radius 2 is 2.07 bits per heavy atom. The summed E-state index contributed by atoms with van der Waals surface area (Å²) in [7, 11) is 1.31. The molecule has 2 amide bonds. The van der Waals surface area contributed by atoms with Crippen LogP contribution < -0.4 is 10.6 Å². The summed E-state index contributed by atoms with van der Waals surface area (Å²) in [6.07, 6.45) is 0.563. The molecule has 0 aliphatic rings. The van der Waals surface area contributed by atoms with Gasteiger partial charge >= 0.3 is 6.09 Å². The number of hydrogen-bond donors (Lipinski definition) is 2. The molecule has 0 radical (unpaired) electrons. The number of carbonyl (C=O) groups is 2. The number of methoxy groups -OCH3 is 1. The zero-order valence-electron chi connectivity index (χ0n) is 8.92. The molecular formula is C9H18N2O3. The van der Waals surface area contributed by atoms with E-state index >= 15 is 0 Å². The first kappa shape index (κ1) is 12.7. The molecule has 0 saturated heterocycles. The topological polar surface area (TPSA) is 67.4 Å². The number of amides is 2. The SMILES string of the molecule is CCNC(=O)CCC(C)NC(=O)OC. The number of nitrogens with one attached hydrogen (secondary N) is 2. The highest BCUT2D eigenvalue weighted by Gasteiger charge is 2.08. The third-order valence-electron chi connectivity index (χ3n) is 1.73. The summed E-state index contributed by atoms with van der Waals surface area (Å²) in [6.45, 7) is 4.34. The van der Waals surface area contributed by atoms with Gasteiger partial charge in [0.05, 0.1) is 7.11 Å². The summed E-state index contributed by atoms with van der Waals surface area (Å²) in [5.41, 5.74) is 0. The van der Waals surface area contributed by atoms with Gasteiger partial charge in [-0.25, -0.2) is 4.79 Å². The first-order valence-corrected chi connectivity index (χ1v) is 4.71. The van der Waals surface area contributed by atoms with Crippen molar-refractivity contribution in [2.24, 2.45) is 0 Å². The number of hydrogen-bond acceptors (Lipinski definition) is 3. The number of carbonyl (C=O) groups excluding carboxylic acids is 2. The van der Waals surface area contributed by atoms with Gasteiger partial charge in [-0.05, 0) is 20.3 Å². The van der Waals surface area contributed by atoms with Gasteiger partial charge in [-0.2, -0.15) is 0 Å². The van der Waals surface area contributed by atoms with Crippen LogP contribution in [0.2, 0.25) is 0 Å². The van der Waals surface area contributed by atoms with E-state index in [0.717, 1.165) is 0 Å². The normalized spacial score (nSPS) is 11.6. The van der Waals surface area contributed by atoms with E-state index in [0.29, 0.717) is 19.4 Å². The molecule has 0 aromatic carbocycles. The van der Waals surface area contributed by atoms with Gasteiger partial charge in [-0.15, -0.1) is 0 Å². The Hall–Kier alpha value is -1.26. The third kappa shape index (κ3) is 6.28. The molecule has 0 saturated carbocycles. The molecule has 0 aromatic heterocycles. The van der Waals surface area contributed by atoms with Crippen molar-refractivity contribution in [2.75, 3.05) is 13.7 Å². The monoisotopic (exact) mass is 202 g/mol. The Morgan fingerprint density at radius 3 is 2.57 bits per heavy atom. The highest BCUT2D eigenvalue weighted by atomic mass is 16.5. The fourth-order valence-corrected chi connectivity index (χ4v) is 0.965. The molecule has 1 atom stereocenters. The van der Waals surface area contributed by atoms with Crippen LogP contribution in [0.25, 0.3) is 0 Å². The third-order valence-corrected chi connectivity index (χ3v) is 1.73. The van der Waals surface area contributed by atoms with Gasteiger partial charge < -0.3 is 15.4 Å². The van der Waals surface area contributed by atoms with Crippen LogP contribution in [0, 0.1) is 0 Å². The van der Waals surface area contributed by atoms with Crippen LogP contribution in [0.4, 0.5) is 4.79 Å². The van der Waals surface area contributed by atoms with Crippen LogP contribution in [-0.2, 0) is 9.53 Å². The van der Waals surface area contributed by atoms with Gasteiger partial charge in [0, 0.05) is 19.0 Å². The highest BCUT2D eigenvalue weighted by Crippen LogP contribution is 1.96. The van der Waals surface area contributed by atoms with E-state index in [4.69, 9.17) is 0 Å². The maximum Gasteiger partial charge on any atom is 0.407 e. The lowest BCUT2D eigenvalue weighted by Gasteiger charge is -2.12. The van der Waals surface area contributed by atoms with Crippen molar-refractivity contribution >= 4 is 12.0 Å². The average Bonchev–Trinajstić information content (AvgIpc) is 2.15. The second-order valence-corrected chi connectivity index (χ2v) is 3.03. The van der Waals surface area contributed by atoms with Crippen LogP contribution >= 0.6 is 0 Å². The van der Waals surface area contributed by atoms with E-state index in [1.54, 1.807) is 0 Å². The maximum atomic E-state index is 11.0. The summed E-state index contributed by atoms with van der Waals surface area (Å²) in [6, 6.07) is -0.0509. The summed E-state index contributed by atoms with van der Waals surface area (Å²) in [4.78, 5) is 21.8. The Kier molecular flexibility index (Phi) is 6.53. The summed E-state index contributed by atoms with van der Waals surface area (Å²) in [5.74, 6) is 0.00557. The number of rotatable bonds is 5. The molecule has 0 spiro atoms. The fraction of sp³-hybridized carbons (Fsp3) is 0.778. The largest absolute Gasteiger partial charge is 0.453 e. The van der Waals surface area contributed by atoms with E-state index in [1.807, 2.05) is 13.8 Å². The lowest BCUT2D eigenvalue weighted by molar-refractivity contribution is -0.121. The van der Waals surface area contributed by atoms with E-state index < -0.39 is 6.09 Å². The van der Waals surface area contributed by atoms with E-state index in [-0.39, 0.29) is 11.9 Å². The zero-order valence-corrected chi connectivity index (χ0v) is 8.92. The molecule has 0 rings (SSSR count). The van der Waals surface area contributed by atoms with E-state index in [9.17, 15) is 9.59 Å². The number of alkyl carbamates (subject to hydrolysis) is 1. The smallest absolute Gasteiger partial charge is 0.407 e. The quantitative estimate of drug-likeness (QED) is 0.687. The molecule has 0 aliphatic carbocycles. The minimum atomic E-state index is -0.464. The van der Waals surface area contributed by atoms with Gasteiger partial charge in [0.1, 0.15) is 0 Å². The summed E-state index contributed by atoms with van der Waals surface area (Å²) in [5, 5.41) is 5.27. The second kappa shape index (κ2) is 7.17. The summed E-state index contributed by atoms with van der Waals surface area (Å²) >= 11 is 0. The van der Waals surface area contributed by atoms with Crippen LogP contribution in [0.3, 0.4) is 0 Å². The summed E-state index contributed by atoms with van der Waals surface area (Å²) < 4.78 is 4.42.